The number of methoxy groups -OCH3 is 1. The van der Waals surface area contributed by atoms with E-state index in [1.807, 2.05) is 0 Å². The summed E-state index contributed by atoms with van der Waals surface area (Å²) in [4.78, 5) is 19.2. The SMILES string of the molecule is COc1c(N)nc(-c2ccc(Cl)c(C(C)F)c2)nc1C(=O)O. The van der Waals surface area contributed by atoms with E-state index >= 15 is 0 Å². The van der Waals surface area contributed by atoms with Gasteiger partial charge in [-0.05, 0) is 25.1 Å². The Morgan fingerprint density at radius 1 is 1.45 bits per heavy atom. The summed E-state index contributed by atoms with van der Waals surface area (Å²) in [5.41, 5.74) is 5.99. The molecule has 8 heteroatoms. The second-order valence-electron chi connectivity index (χ2n) is 4.47. The number of aromatic carboxylic acids is 1. The molecule has 0 saturated heterocycles. The summed E-state index contributed by atoms with van der Waals surface area (Å²) in [5.74, 6) is -1.49. The van der Waals surface area contributed by atoms with Crippen molar-refractivity contribution in [3.8, 4) is 17.1 Å². The van der Waals surface area contributed by atoms with Gasteiger partial charge in [0.05, 0.1) is 7.11 Å². The standard InChI is InChI=1S/C14H13ClFN3O3/c1-6(16)8-5-7(3-4-9(8)15)13-18-10(14(20)21)11(22-2)12(17)19-13/h3-6H,1-2H3,(H,20,21)(H2,17,18,19). The van der Waals surface area contributed by atoms with Crippen LogP contribution in [-0.2, 0) is 0 Å². The first-order chi connectivity index (χ1) is 10.3. The molecular weight excluding hydrogens is 313 g/mol. The van der Waals surface area contributed by atoms with Gasteiger partial charge in [0, 0.05) is 16.1 Å². The Hall–Kier alpha value is -2.41. The second-order valence-corrected chi connectivity index (χ2v) is 4.88. The minimum atomic E-state index is -1.31. The first-order valence-corrected chi connectivity index (χ1v) is 6.61. The van der Waals surface area contributed by atoms with E-state index in [4.69, 9.17) is 22.1 Å². The van der Waals surface area contributed by atoms with Gasteiger partial charge in [0.1, 0.15) is 6.17 Å². The lowest BCUT2D eigenvalue weighted by Gasteiger charge is -2.11. The molecular formula is C14H13ClFN3O3. The van der Waals surface area contributed by atoms with Crippen LogP contribution in [0, 0.1) is 0 Å². The first kappa shape index (κ1) is 16.0. The molecule has 2 aromatic rings. The van der Waals surface area contributed by atoms with Crippen LogP contribution in [0.5, 0.6) is 5.75 Å². The Kier molecular flexibility index (Phi) is 4.46. The Labute approximate surface area is 130 Å². The minimum absolute atomic E-state index is 0.0502. The summed E-state index contributed by atoms with van der Waals surface area (Å²) in [6, 6.07) is 4.51. The second kappa shape index (κ2) is 6.15. The highest BCUT2D eigenvalue weighted by Gasteiger charge is 2.20. The molecule has 1 atom stereocenters. The van der Waals surface area contributed by atoms with Crippen LogP contribution in [-0.4, -0.2) is 28.2 Å². The molecule has 0 saturated carbocycles. The number of nitrogens with zero attached hydrogens (tertiary/aromatic N) is 2. The maximum Gasteiger partial charge on any atom is 0.358 e. The molecule has 1 aromatic carbocycles. The van der Waals surface area contributed by atoms with Crippen molar-refractivity contribution in [1.29, 1.82) is 0 Å². The quantitative estimate of drug-likeness (QED) is 0.896. The zero-order valence-corrected chi connectivity index (χ0v) is 12.6. The molecule has 0 radical (unpaired) electrons. The van der Waals surface area contributed by atoms with Crippen molar-refractivity contribution in [1.82, 2.24) is 9.97 Å². The Bertz CT molecular complexity index is 738. The zero-order valence-electron chi connectivity index (χ0n) is 11.8. The predicted octanol–water partition coefficient (Wildman–Crippen LogP) is 3.12. The number of hydrogen-bond donors (Lipinski definition) is 2. The molecule has 3 N–H and O–H groups in total. The van der Waals surface area contributed by atoms with Gasteiger partial charge in [-0.25, -0.2) is 19.2 Å². The number of carboxylic acid groups (broad SMARTS) is 1. The number of aromatic nitrogens is 2. The fourth-order valence-corrected chi connectivity index (χ4v) is 2.20. The predicted molar refractivity (Wildman–Crippen MR) is 79.9 cm³/mol. The summed E-state index contributed by atoms with van der Waals surface area (Å²) in [6.07, 6.45) is -1.29. The number of alkyl halides is 1. The monoisotopic (exact) mass is 325 g/mol. The van der Waals surface area contributed by atoms with Crippen LogP contribution in [0.3, 0.4) is 0 Å². The first-order valence-electron chi connectivity index (χ1n) is 6.23. The lowest BCUT2D eigenvalue weighted by molar-refractivity contribution is 0.0686. The Balaban J connectivity index is 2.63. The highest BCUT2D eigenvalue weighted by atomic mass is 35.5. The van der Waals surface area contributed by atoms with Gasteiger partial charge in [-0.1, -0.05) is 11.6 Å². The van der Waals surface area contributed by atoms with Crippen LogP contribution in [0.15, 0.2) is 18.2 Å². The molecule has 0 amide bonds. The number of ether oxygens (including phenoxy) is 1. The summed E-state index contributed by atoms with van der Waals surface area (Å²) < 4.78 is 18.4. The molecule has 2 rings (SSSR count). The lowest BCUT2D eigenvalue weighted by Crippen LogP contribution is -2.10. The maximum atomic E-state index is 13.5. The summed E-state index contributed by atoms with van der Waals surface area (Å²) in [7, 11) is 1.27. The number of rotatable bonds is 4. The molecule has 6 nitrogen and oxygen atoms in total. The number of carboxylic acids is 1. The minimum Gasteiger partial charge on any atom is -0.491 e. The van der Waals surface area contributed by atoms with Gasteiger partial charge in [-0.2, -0.15) is 0 Å². The number of hydrogen-bond acceptors (Lipinski definition) is 5. The van der Waals surface area contributed by atoms with Crippen LogP contribution in [0.1, 0.15) is 29.1 Å². The molecule has 0 aliphatic heterocycles. The van der Waals surface area contributed by atoms with E-state index in [-0.39, 0.29) is 33.7 Å². The van der Waals surface area contributed by atoms with E-state index in [1.165, 1.54) is 26.2 Å². The van der Waals surface area contributed by atoms with Crippen molar-refractivity contribution in [2.75, 3.05) is 12.8 Å². The van der Waals surface area contributed by atoms with Gasteiger partial charge in [0.15, 0.2) is 23.1 Å². The van der Waals surface area contributed by atoms with Crippen molar-refractivity contribution in [3.63, 3.8) is 0 Å². The topological polar surface area (TPSA) is 98.3 Å². The maximum absolute atomic E-state index is 13.5. The molecule has 22 heavy (non-hydrogen) atoms. The number of nitrogen functional groups attached to an aromatic ring is 1. The van der Waals surface area contributed by atoms with Gasteiger partial charge >= 0.3 is 5.97 Å². The molecule has 0 aliphatic carbocycles. The van der Waals surface area contributed by atoms with Crippen LogP contribution in [0.2, 0.25) is 5.02 Å². The molecule has 1 unspecified atom stereocenters. The van der Waals surface area contributed by atoms with Crippen molar-refractivity contribution in [2.24, 2.45) is 0 Å². The van der Waals surface area contributed by atoms with E-state index < -0.39 is 12.1 Å². The van der Waals surface area contributed by atoms with E-state index in [1.54, 1.807) is 6.07 Å². The van der Waals surface area contributed by atoms with Crippen molar-refractivity contribution in [3.05, 3.63) is 34.5 Å². The molecule has 0 aliphatic rings. The summed E-state index contributed by atoms with van der Waals surface area (Å²) in [5, 5.41) is 9.44. The molecule has 0 spiro atoms. The van der Waals surface area contributed by atoms with Crippen LogP contribution in [0.4, 0.5) is 10.2 Å². The fraction of sp³-hybridized carbons (Fsp3) is 0.214. The molecule has 1 aromatic heterocycles. The highest BCUT2D eigenvalue weighted by Crippen LogP contribution is 2.31. The largest absolute Gasteiger partial charge is 0.491 e. The number of carbonyl (C=O) groups is 1. The third-order valence-electron chi connectivity index (χ3n) is 2.98. The summed E-state index contributed by atoms with van der Waals surface area (Å²) in [6.45, 7) is 1.34. The molecule has 0 bridgehead atoms. The van der Waals surface area contributed by atoms with Crippen molar-refractivity contribution in [2.45, 2.75) is 13.1 Å². The van der Waals surface area contributed by atoms with Gasteiger partial charge in [0.25, 0.3) is 0 Å². The molecule has 0 fully saturated rings. The number of nitrogens with two attached hydrogens (primary N) is 1. The van der Waals surface area contributed by atoms with Gasteiger partial charge < -0.3 is 15.6 Å². The van der Waals surface area contributed by atoms with E-state index in [0.717, 1.165) is 0 Å². The smallest absolute Gasteiger partial charge is 0.358 e. The third kappa shape index (κ3) is 2.94. The highest BCUT2D eigenvalue weighted by molar-refractivity contribution is 6.31. The summed E-state index contributed by atoms with van der Waals surface area (Å²) >= 11 is 5.92. The lowest BCUT2D eigenvalue weighted by atomic mass is 10.1. The van der Waals surface area contributed by atoms with Gasteiger partial charge in [0.2, 0.25) is 0 Å². The zero-order chi connectivity index (χ0) is 16.4. The average molecular weight is 326 g/mol. The molecule has 1 heterocycles. The van der Waals surface area contributed by atoms with Gasteiger partial charge in [-0.15, -0.1) is 0 Å². The average Bonchev–Trinajstić information content (AvgIpc) is 2.46. The Morgan fingerprint density at radius 3 is 2.68 bits per heavy atom. The van der Waals surface area contributed by atoms with E-state index in [9.17, 15) is 14.3 Å². The molecule has 116 valence electrons. The number of halogens is 2. The normalized spacial score (nSPS) is 12.0. The van der Waals surface area contributed by atoms with Crippen LogP contribution in [0.25, 0.3) is 11.4 Å². The van der Waals surface area contributed by atoms with Gasteiger partial charge in [-0.3, -0.25) is 0 Å². The number of anilines is 1. The van der Waals surface area contributed by atoms with Crippen LogP contribution < -0.4 is 10.5 Å². The van der Waals surface area contributed by atoms with E-state index in [0.29, 0.717) is 5.56 Å². The van der Waals surface area contributed by atoms with Crippen molar-refractivity contribution < 1.29 is 19.0 Å². The van der Waals surface area contributed by atoms with Crippen molar-refractivity contribution >= 4 is 23.4 Å². The fourth-order valence-electron chi connectivity index (χ4n) is 1.93. The Morgan fingerprint density at radius 2 is 2.14 bits per heavy atom. The van der Waals surface area contributed by atoms with Crippen LogP contribution >= 0.6 is 11.6 Å². The third-order valence-corrected chi connectivity index (χ3v) is 3.33. The number of benzene rings is 1. The van der Waals surface area contributed by atoms with E-state index in [2.05, 4.69) is 9.97 Å².